The van der Waals surface area contributed by atoms with Gasteiger partial charge in [0.25, 0.3) is 0 Å². The van der Waals surface area contributed by atoms with Gasteiger partial charge in [0.1, 0.15) is 11.9 Å². The Labute approximate surface area is 120 Å². The number of benzene rings is 2. The van der Waals surface area contributed by atoms with Gasteiger partial charge in [0, 0.05) is 0 Å². The number of methoxy groups -OCH3 is 1. The highest BCUT2D eigenvalue weighted by atomic mass is 19.4. The third-order valence-corrected chi connectivity index (χ3v) is 3.31. The van der Waals surface area contributed by atoms with Crippen molar-refractivity contribution in [3.05, 3.63) is 64.7 Å². The van der Waals surface area contributed by atoms with Crippen LogP contribution in [0.25, 0.3) is 0 Å². The molecule has 0 bridgehead atoms. The zero-order valence-electron chi connectivity index (χ0n) is 11.6. The topological polar surface area (TPSA) is 29.5 Å². The quantitative estimate of drug-likeness (QED) is 0.924. The van der Waals surface area contributed by atoms with Gasteiger partial charge in [0.05, 0.1) is 12.7 Å². The molecule has 0 saturated carbocycles. The van der Waals surface area contributed by atoms with Gasteiger partial charge >= 0.3 is 6.18 Å². The molecule has 0 amide bonds. The predicted octanol–water partition coefficient (Wildman–Crippen LogP) is 4.10. The summed E-state index contributed by atoms with van der Waals surface area (Å²) in [5.74, 6) is 0.524. The van der Waals surface area contributed by atoms with E-state index in [1.54, 1.807) is 18.2 Å². The summed E-state index contributed by atoms with van der Waals surface area (Å²) in [5, 5.41) is 10.3. The van der Waals surface area contributed by atoms with E-state index >= 15 is 0 Å². The zero-order valence-corrected chi connectivity index (χ0v) is 11.6. The van der Waals surface area contributed by atoms with E-state index in [0.29, 0.717) is 11.3 Å². The molecule has 1 atom stereocenters. The molecule has 112 valence electrons. The summed E-state index contributed by atoms with van der Waals surface area (Å²) in [6, 6.07) is 9.86. The molecule has 0 aliphatic heterocycles. The van der Waals surface area contributed by atoms with E-state index in [0.717, 1.165) is 11.6 Å². The first-order valence-electron chi connectivity index (χ1n) is 6.33. The largest absolute Gasteiger partial charge is 0.496 e. The van der Waals surface area contributed by atoms with Crippen molar-refractivity contribution in [2.75, 3.05) is 7.11 Å². The van der Waals surface area contributed by atoms with Crippen molar-refractivity contribution in [3.8, 4) is 5.75 Å². The Morgan fingerprint density at radius 1 is 1.10 bits per heavy atom. The van der Waals surface area contributed by atoms with Gasteiger partial charge in [-0.2, -0.15) is 13.2 Å². The predicted molar refractivity (Wildman–Crippen MR) is 73.2 cm³/mol. The molecule has 5 heteroatoms. The molecule has 0 fully saturated rings. The molecule has 2 aromatic rings. The molecule has 0 aromatic heterocycles. The van der Waals surface area contributed by atoms with Gasteiger partial charge in [-0.05, 0) is 35.7 Å². The van der Waals surface area contributed by atoms with Crippen molar-refractivity contribution < 1.29 is 23.0 Å². The second kappa shape index (κ2) is 5.77. The van der Waals surface area contributed by atoms with Crippen molar-refractivity contribution in [1.82, 2.24) is 0 Å². The molecule has 1 unspecified atom stereocenters. The second-order valence-electron chi connectivity index (χ2n) is 4.72. The monoisotopic (exact) mass is 296 g/mol. The average Bonchev–Trinajstić information content (AvgIpc) is 2.46. The fourth-order valence-corrected chi connectivity index (χ4v) is 2.18. The van der Waals surface area contributed by atoms with E-state index in [4.69, 9.17) is 4.74 Å². The fraction of sp³-hybridized carbons (Fsp3) is 0.250. The molecule has 0 aliphatic rings. The SMILES string of the molecule is COc1cc(C(O)c2ccccc2C(F)(F)F)ccc1C. The summed E-state index contributed by atoms with van der Waals surface area (Å²) in [5.41, 5.74) is 0.194. The number of halogens is 3. The Bertz CT molecular complexity index is 636. The van der Waals surface area contributed by atoms with E-state index in [2.05, 4.69) is 0 Å². The van der Waals surface area contributed by atoms with Crippen LogP contribution in [0.2, 0.25) is 0 Å². The Hall–Kier alpha value is -2.01. The Kier molecular flexibility index (Phi) is 4.23. The molecular weight excluding hydrogens is 281 g/mol. The van der Waals surface area contributed by atoms with Crippen LogP contribution in [-0.2, 0) is 6.18 Å². The van der Waals surface area contributed by atoms with E-state index in [9.17, 15) is 18.3 Å². The van der Waals surface area contributed by atoms with Crippen LogP contribution < -0.4 is 4.74 Å². The maximum Gasteiger partial charge on any atom is 0.416 e. The number of hydrogen-bond donors (Lipinski definition) is 1. The molecule has 0 heterocycles. The lowest BCUT2D eigenvalue weighted by Gasteiger charge is -2.18. The van der Waals surface area contributed by atoms with Crippen LogP contribution in [0.4, 0.5) is 13.2 Å². The van der Waals surface area contributed by atoms with Crippen LogP contribution in [0.1, 0.15) is 28.4 Å². The first-order chi connectivity index (χ1) is 9.84. The van der Waals surface area contributed by atoms with Crippen LogP contribution in [-0.4, -0.2) is 12.2 Å². The third-order valence-electron chi connectivity index (χ3n) is 3.31. The lowest BCUT2D eigenvalue weighted by Crippen LogP contribution is -2.12. The summed E-state index contributed by atoms with van der Waals surface area (Å²) >= 11 is 0. The summed E-state index contributed by atoms with van der Waals surface area (Å²) in [7, 11) is 1.47. The average molecular weight is 296 g/mol. The van der Waals surface area contributed by atoms with Crippen LogP contribution in [0.3, 0.4) is 0 Å². The van der Waals surface area contributed by atoms with Gasteiger partial charge in [-0.3, -0.25) is 0 Å². The van der Waals surface area contributed by atoms with Crippen LogP contribution in [0.5, 0.6) is 5.75 Å². The fourth-order valence-electron chi connectivity index (χ4n) is 2.18. The van der Waals surface area contributed by atoms with Crippen molar-refractivity contribution in [1.29, 1.82) is 0 Å². The zero-order chi connectivity index (χ0) is 15.6. The lowest BCUT2D eigenvalue weighted by atomic mass is 9.95. The molecule has 21 heavy (non-hydrogen) atoms. The number of aliphatic hydroxyl groups is 1. The van der Waals surface area contributed by atoms with Crippen LogP contribution in [0.15, 0.2) is 42.5 Å². The minimum Gasteiger partial charge on any atom is -0.496 e. The second-order valence-corrected chi connectivity index (χ2v) is 4.72. The molecule has 2 aromatic carbocycles. The number of ether oxygens (including phenoxy) is 1. The molecule has 1 N–H and O–H groups in total. The van der Waals surface area contributed by atoms with Crippen molar-refractivity contribution in [3.63, 3.8) is 0 Å². The van der Waals surface area contributed by atoms with Gasteiger partial charge in [0.2, 0.25) is 0 Å². The van der Waals surface area contributed by atoms with Crippen LogP contribution >= 0.6 is 0 Å². The summed E-state index contributed by atoms with van der Waals surface area (Å²) < 4.78 is 44.1. The van der Waals surface area contributed by atoms with Crippen molar-refractivity contribution >= 4 is 0 Å². The van der Waals surface area contributed by atoms with E-state index in [-0.39, 0.29) is 5.56 Å². The standard InChI is InChI=1S/C16H15F3O2/c1-10-7-8-11(9-14(10)21-2)15(20)12-5-3-4-6-13(12)16(17,18)19/h3-9,15,20H,1-2H3. The number of hydrogen-bond acceptors (Lipinski definition) is 2. The third kappa shape index (κ3) is 3.19. The van der Waals surface area contributed by atoms with Crippen molar-refractivity contribution in [2.45, 2.75) is 19.2 Å². The van der Waals surface area contributed by atoms with Gasteiger partial charge in [-0.15, -0.1) is 0 Å². The molecule has 0 radical (unpaired) electrons. The number of alkyl halides is 3. The van der Waals surface area contributed by atoms with Gasteiger partial charge in [-0.1, -0.05) is 30.3 Å². The molecule has 2 rings (SSSR count). The number of aliphatic hydroxyl groups excluding tert-OH is 1. The number of aryl methyl sites for hydroxylation is 1. The Balaban J connectivity index is 2.48. The summed E-state index contributed by atoms with van der Waals surface area (Å²) in [6.07, 6.45) is -5.87. The highest BCUT2D eigenvalue weighted by Gasteiger charge is 2.34. The summed E-state index contributed by atoms with van der Waals surface area (Å²) in [4.78, 5) is 0. The van der Waals surface area contributed by atoms with Crippen molar-refractivity contribution in [2.24, 2.45) is 0 Å². The smallest absolute Gasteiger partial charge is 0.416 e. The molecule has 2 nitrogen and oxygen atoms in total. The molecule has 0 saturated heterocycles. The summed E-state index contributed by atoms with van der Waals surface area (Å²) in [6.45, 7) is 1.82. The minimum atomic E-state index is -4.51. The maximum atomic E-state index is 13.0. The van der Waals surface area contributed by atoms with E-state index < -0.39 is 17.8 Å². The van der Waals surface area contributed by atoms with Gasteiger partial charge in [0.15, 0.2) is 0 Å². The minimum absolute atomic E-state index is 0.170. The van der Waals surface area contributed by atoms with E-state index in [1.165, 1.54) is 25.3 Å². The Morgan fingerprint density at radius 3 is 2.38 bits per heavy atom. The lowest BCUT2D eigenvalue weighted by molar-refractivity contribution is -0.139. The van der Waals surface area contributed by atoms with Gasteiger partial charge in [-0.25, -0.2) is 0 Å². The molecular formula is C16H15F3O2. The first-order valence-corrected chi connectivity index (χ1v) is 6.33. The number of rotatable bonds is 3. The normalized spacial score (nSPS) is 13.0. The van der Waals surface area contributed by atoms with E-state index in [1.807, 2.05) is 6.92 Å². The molecule has 0 aliphatic carbocycles. The maximum absolute atomic E-state index is 13.0. The Morgan fingerprint density at radius 2 is 1.76 bits per heavy atom. The molecule has 0 spiro atoms. The van der Waals surface area contributed by atoms with Gasteiger partial charge < -0.3 is 9.84 Å². The highest BCUT2D eigenvalue weighted by Crippen LogP contribution is 2.37. The first kappa shape index (κ1) is 15.4. The van der Waals surface area contributed by atoms with Crippen LogP contribution in [0, 0.1) is 6.92 Å². The highest BCUT2D eigenvalue weighted by molar-refractivity contribution is 5.42.